The van der Waals surface area contributed by atoms with E-state index >= 15 is 0 Å². The van der Waals surface area contributed by atoms with E-state index in [9.17, 15) is 9.90 Å². The zero-order valence-electron chi connectivity index (χ0n) is 10.7. The molecule has 5 heteroatoms. The lowest BCUT2D eigenvalue weighted by Gasteiger charge is -2.46. The number of hydrogen-bond donors (Lipinski definition) is 1. The first-order chi connectivity index (χ1) is 7.77. The molecule has 0 aliphatic carbocycles. The molecule has 1 N–H and O–H groups in total. The number of carbonyl (C=O) groups excluding carboxylic acids is 1. The van der Waals surface area contributed by atoms with Crippen LogP contribution in [0.4, 0.5) is 4.79 Å². The summed E-state index contributed by atoms with van der Waals surface area (Å²) in [6, 6.07) is 0. The van der Waals surface area contributed by atoms with Crippen molar-refractivity contribution in [3.63, 3.8) is 0 Å². The molecule has 2 atom stereocenters. The van der Waals surface area contributed by atoms with E-state index in [1.807, 2.05) is 20.8 Å². The Morgan fingerprint density at radius 1 is 1.53 bits per heavy atom. The molecule has 2 saturated heterocycles. The zero-order valence-corrected chi connectivity index (χ0v) is 10.7. The minimum absolute atomic E-state index is 0.218. The molecule has 17 heavy (non-hydrogen) atoms. The number of piperidine rings is 1. The summed E-state index contributed by atoms with van der Waals surface area (Å²) in [6.45, 7) is 7.36. The van der Waals surface area contributed by atoms with Crippen LogP contribution in [0.2, 0.25) is 0 Å². The fourth-order valence-corrected chi connectivity index (χ4v) is 2.50. The largest absolute Gasteiger partial charge is 0.444 e. The summed E-state index contributed by atoms with van der Waals surface area (Å²) >= 11 is 0. The molecule has 0 aromatic heterocycles. The van der Waals surface area contributed by atoms with Gasteiger partial charge in [-0.25, -0.2) is 4.79 Å². The summed E-state index contributed by atoms with van der Waals surface area (Å²) in [5, 5.41) is 10.2. The second kappa shape index (κ2) is 4.14. The zero-order chi connectivity index (χ0) is 12.7. The van der Waals surface area contributed by atoms with E-state index in [4.69, 9.17) is 9.47 Å². The quantitative estimate of drug-likeness (QED) is 0.689. The van der Waals surface area contributed by atoms with E-state index in [2.05, 4.69) is 0 Å². The van der Waals surface area contributed by atoms with Gasteiger partial charge < -0.3 is 19.5 Å². The van der Waals surface area contributed by atoms with Crippen LogP contribution in [0.25, 0.3) is 0 Å². The van der Waals surface area contributed by atoms with Crippen molar-refractivity contribution >= 4 is 6.09 Å². The molecular weight excluding hydrogens is 222 g/mol. The van der Waals surface area contributed by atoms with E-state index in [1.54, 1.807) is 4.90 Å². The van der Waals surface area contributed by atoms with Gasteiger partial charge in [-0.05, 0) is 27.2 Å². The molecule has 2 heterocycles. The molecular formula is C12H21NO4. The number of β-amino-alcohol motifs (C(OH)–C–C–N with tert-alkyl or cyclic N) is 1. The van der Waals surface area contributed by atoms with E-state index in [-0.39, 0.29) is 12.0 Å². The maximum Gasteiger partial charge on any atom is 0.410 e. The fourth-order valence-electron chi connectivity index (χ4n) is 2.50. The Labute approximate surface area is 102 Å². The lowest BCUT2D eigenvalue weighted by Crippen LogP contribution is -2.59. The summed E-state index contributed by atoms with van der Waals surface area (Å²) in [5.74, 6) is 0.218. The predicted molar refractivity (Wildman–Crippen MR) is 61.7 cm³/mol. The smallest absolute Gasteiger partial charge is 0.410 e. The number of carbonyl (C=O) groups is 1. The summed E-state index contributed by atoms with van der Waals surface area (Å²) < 4.78 is 10.7. The maximum atomic E-state index is 11.9. The van der Waals surface area contributed by atoms with Gasteiger partial charge in [0.05, 0.1) is 19.8 Å². The van der Waals surface area contributed by atoms with E-state index < -0.39 is 11.2 Å². The highest BCUT2D eigenvalue weighted by Crippen LogP contribution is 2.31. The second-order valence-electron chi connectivity index (χ2n) is 6.17. The van der Waals surface area contributed by atoms with Crippen molar-refractivity contribution in [2.75, 3.05) is 26.3 Å². The molecule has 2 rings (SSSR count). The third-order valence-corrected chi connectivity index (χ3v) is 3.01. The Balaban J connectivity index is 2.00. The van der Waals surface area contributed by atoms with Crippen LogP contribution in [-0.2, 0) is 9.47 Å². The summed E-state index contributed by atoms with van der Waals surface area (Å²) in [5.41, 5.74) is -1.39. The van der Waals surface area contributed by atoms with E-state index in [0.717, 1.165) is 0 Å². The number of fused-ring (bicyclic) bond motifs is 2. The average molecular weight is 243 g/mol. The van der Waals surface area contributed by atoms with Gasteiger partial charge in [-0.1, -0.05) is 0 Å². The first-order valence-corrected chi connectivity index (χ1v) is 6.05. The van der Waals surface area contributed by atoms with Crippen LogP contribution in [0.3, 0.4) is 0 Å². The monoisotopic (exact) mass is 243 g/mol. The van der Waals surface area contributed by atoms with Gasteiger partial charge in [-0.3, -0.25) is 0 Å². The Morgan fingerprint density at radius 3 is 2.82 bits per heavy atom. The highest BCUT2D eigenvalue weighted by molar-refractivity contribution is 5.68. The minimum Gasteiger partial charge on any atom is -0.444 e. The maximum absolute atomic E-state index is 11.9. The van der Waals surface area contributed by atoms with Crippen molar-refractivity contribution in [3.8, 4) is 0 Å². The van der Waals surface area contributed by atoms with Gasteiger partial charge >= 0.3 is 6.09 Å². The van der Waals surface area contributed by atoms with Gasteiger partial charge in [-0.15, -0.1) is 0 Å². The van der Waals surface area contributed by atoms with Crippen molar-refractivity contribution in [1.82, 2.24) is 4.90 Å². The number of nitrogens with zero attached hydrogens (tertiary/aromatic N) is 1. The van der Waals surface area contributed by atoms with E-state index in [0.29, 0.717) is 32.7 Å². The number of amides is 1. The van der Waals surface area contributed by atoms with Crippen molar-refractivity contribution < 1.29 is 19.4 Å². The first-order valence-electron chi connectivity index (χ1n) is 6.05. The fraction of sp³-hybridized carbons (Fsp3) is 0.917. The number of likely N-dealkylation sites (tertiary alicyclic amines) is 1. The SMILES string of the molecule is CC(C)(C)OC(=O)N1CC2COCC(O)(C2)C1. The normalized spacial score (nSPS) is 33.4. The molecule has 2 bridgehead atoms. The van der Waals surface area contributed by atoms with Crippen molar-refractivity contribution in [2.24, 2.45) is 5.92 Å². The molecule has 98 valence electrons. The Bertz CT molecular complexity index is 312. The summed E-state index contributed by atoms with van der Waals surface area (Å²) in [4.78, 5) is 13.5. The molecule has 0 radical (unpaired) electrons. The molecule has 0 spiro atoms. The molecule has 0 aromatic rings. The third-order valence-electron chi connectivity index (χ3n) is 3.01. The van der Waals surface area contributed by atoms with Crippen LogP contribution in [0.5, 0.6) is 0 Å². The second-order valence-corrected chi connectivity index (χ2v) is 6.17. The summed E-state index contributed by atoms with van der Waals surface area (Å²) in [6.07, 6.45) is 0.370. The highest BCUT2D eigenvalue weighted by Gasteiger charge is 2.44. The Hall–Kier alpha value is -0.810. The lowest BCUT2D eigenvalue weighted by atomic mass is 9.84. The van der Waals surface area contributed by atoms with Crippen molar-refractivity contribution in [2.45, 2.75) is 38.4 Å². The topological polar surface area (TPSA) is 59.0 Å². The van der Waals surface area contributed by atoms with Crippen LogP contribution < -0.4 is 0 Å². The Kier molecular flexibility index (Phi) is 3.08. The number of rotatable bonds is 0. The molecule has 2 aliphatic heterocycles. The van der Waals surface area contributed by atoms with Gasteiger partial charge in [0, 0.05) is 12.5 Å². The summed E-state index contributed by atoms with van der Waals surface area (Å²) in [7, 11) is 0. The van der Waals surface area contributed by atoms with Crippen LogP contribution in [0.15, 0.2) is 0 Å². The molecule has 5 nitrogen and oxygen atoms in total. The van der Waals surface area contributed by atoms with Gasteiger partial charge in [-0.2, -0.15) is 0 Å². The van der Waals surface area contributed by atoms with Gasteiger partial charge in [0.1, 0.15) is 11.2 Å². The molecule has 0 aromatic carbocycles. The molecule has 0 saturated carbocycles. The minimum atomic E-state index is -0.891. The number of aliphatic hydroxyl groups is 1. The number of ether oxygens (including phenoxy) is 2. The van der Waals surface area contributed by atoms with Crippen LogP contribution in [-0.4, -0.2) is 53.6 Å². The molecule has 2 unspecified atom stereocenters. The van der Waals surface area contributed by atoms with Crippen molar-refractivity contribution in [1.29, 1.82) is 0 Å². The molecule has 2 aliphatic rings. The molecule has 2 fully saturated rings. The lowest BCUT2D eigenvalue weighted by molar-refractivity contribution is -0.149. The van der Waals surface area contributed by atoms with Gasteiger partial charge in [0.25, 0.3) is 0 Å². The van der Waals surface area contributed by atoms with E-state index in [1.165, 1.54) is 0 Å². The highest BCUT2D eigenvalue weighted by atomic mass is 16.6. The average Bonchev–Trinajstić information content (AvgIpc) is 2.12. The third kappa shape index (κ3) is 3.10. The van der Waals surface area contributed by atoms with Crippen LogP contribution in [0.1, 0.15) is 27.2 Å². The van der Waals surface area contributed by atoms with Crippen LogP contribution >= 0.6 is 0 Å². The van der Waals surface area contributed by atoms with Crippen LogP contribution in [0, 0.1) is 5.92 Å². The number of hydrogen-bond acceptors (Lipinski definition) is 4. The van der Waals surface area contributed by atoms with Crippen molar-refractivity contribution in [3.05, 3.63) is 0 Å². The van der Waals surface area contributed by atoms with Gasteiger partial charge in [0.2, 0.25) is 0 Å². The Morgan fingerprint density at radius 2 is 2.24 bits per heavy atom. The standard InChI is InChI=1S/C12H21NO4/c1-11(2,3)17-10(14)13-5-9-4-12(15,7-13)8-16-6-9/h9,15H,4-8H2,1-3H3. The first kappa shape index (κ1) is 12.6. The molecule has 1 amide bonds. The predicted octanol–water partition coefficient (Wildman–Crippen LogP) is 1.00. The van der Waals surface area contributed by atoms with Gasteiger partial charge in [0.15, 0.2) is 0 Å².